The standard InChI is InChI=1S/C14H21N3O3S2/c15-22(19,20)17-7-3-6-16(8-9-17)14(18)13-10-11-4-1-2-5-12(11)21-13/h10H,1-9H2,(H2,15,19,20). The first kappa shape index (κ1) is 15.9. The third-order valence-corrected chi connectivity index (χ3v) is 6.62. The lowest BCUT2D eigenvalue weighted by Crippen LogP contribution is -2.40. The lowest BCUT2D eigenvalue weighted by Gasteiger charge is -2.20. The van der Waals surface area contributed by atoms with Crippen molar-refractivity contribution >= 4 is 27.5 Å². The highest BCUT2D eigenvalue weighted by Crippen LogP contribution is 2.30. The van der Waals surface area contributed by atoms with Gasteiger partial charge >= 0.3 is 0 Å². The average molecular weight is 343 g/mol. The van der Waals surface area contributed by atoms with E-state index in [0.717, 1.165) is 17.7 Å². The van der Waals surface area contributed by atoms with Crippen LogP contribution in [0.5, 0.6) is 0 Å². The van der Waals surface area contributed by atoms with E-state index in [9.17, 15) is 13.2 Å². The Bertz CT molecular complexity index is 645. The van der Waals surface area contributed by atoms with Crippen LogP contribution in [0.3, 0.4) is 0 Å². The second-order valence-electron chi connectivity index (χ2n) is 5.86. The number of hydrogen-bond acceptors (Lipinski definition) is 4. The molecule has 2 heterocycles. The minimum atomic E-state index is -3.67. The molecule has 1 fully saturated rings. The predicted molar refractivity (Wildman–Crippen MR) is 86.2 cm³/mol. The molecule has 3 rings (SSSR count). The Kier molecular flexibility index (Phi) is 4.54. The number of amides is 1. The molecule has 0 unspecified atom stereocenters. The summed E-state index contributed by atoms with van der Waals surface area (Å²) >= 11 is 1.60. The number of aryl methyl sites for hydroxylation is 2. The van der Waals surface area contributed by atoms with Gasteiger partial charge in [0.1, 0.15) is 0 Å². The summed E-state index contributed by atoms with van der Waals surface area (Å²) in [4.78, 5) is 16.5. The molecule has 122 valence electrons. The molecule has 0 radical (unpaired) electrons. The van der Waals surface area contributed by atoms with Crippen molar-refractivity contribution in [2.75, 3.05) is 26.2 Å². The molecule has 1 amide bonds. The molecule has 0 spiro atoms. The second kappa shape index (κ2) is 6.27. The Morgan fingerprint density at radius 3 is 2.59 bits per heavy atom. The molecule has 0 aromatic carbocycles. The van der Waals surface area contributed by atoms with E-state index < -0.39 is 10.2 Å². The van der Waals surface area contributed by atoms with Gasteiger partial charge in [-0.05, 0) is 43.7 Å². The highest BCUT2D eigenvalue weighted by atomic mass is 32.2. The van der Waals surface area contributed by atoms with Crippen molar-refractivity contribution in [1.29, 1.82) is 0 Å². The lowest BCUT2D eigenvalue weighted by molar-refractivity contribution is 0.0769. The first-order chi connectivity index (χ1) is 10.4. The molecule has 1 aromatic rings. The van der Waals surface area contributed by atoms with Crippen LogP contribution in [0.4, 0.5) is 0 Å². The minimum Gasteiger partial charge on any atom is -0.337 e. The normalized spacial score (nSPS) is 20.5. The first-order valence-electron chi connectivity index (χ1n) is 7.64. The molecule has 1 saturated heterocycles. The van der Waals surface area contributed by atoms with E-state index in [2.05, 4.69) is 0 Å². The summed E-state index contributed by atoms with van der Waals surface area (Å²) in [7, 11) is -3.67. The van der Waals surface area contributed by atoms with E-state index in [1.807, 2.05) is 6.07 Å². The van der Waals surface area contributed by atoms with Gasteiger partial charge in [-0.3, -0.25) is 4.79 Å². The van der Waals surface area contributed by atoms with Crippen molar-refractivity contribution in [1.82, 2.24) is 9.21 Å². The molecular formula is C14H21N3O3S2. The average Bonchev–Trinajstić information content (AvgIpc) is 2.73. The molecule has 0 saturated carbocycles. The maximum Gasteiger partial charge on any atom is 0.276 e. The summed E-state index contributed by atoms with van der Waals surface area (Å²) in [5.74, 6) is 0.0238. The van der Waals surface area contributed by atoms with Crippen LogP contribution in [-0.2, 0) is 23.1 Å². The Hall–Kier alpha value is -0.960. The number of fused-ring (bicyclic) bond motifs is 1. The second-order valence-corrected chi connectivity index (χ2v) is 8.54. The number of carbonyl (C=O) groups is 1. The molecule has 22 heavy (non-hydrogen) atoms. The molecule has 0 bridgehead atoms. The summed E-state index contributed by atoms with van der Waals surface area (Å²) in [5.41, 5.74) is 1.32. The van der Waals surface area contributed by atoms with Crippen LogP contribution in [0, 0.1) is 0 Å². The molecule has 8 heteroatoms. The maximum absolute atomic E-state index is 12.7. The van der Waals surface area contributed by atoms with Crippen molar-refractivity contribution < 1.29 is 13.2 Å². The van der Waals surface area contributed by atoms with Gasteiger partial charge in [-0.15, -0.1) is 11.3 Å². The van der Waals surface area contributed by atoms with Gasteiger partial charge in [-0.2, -0.15) is 12.7 Å². The summed E-state index contributed by atoms with van der Waals surface area (Å²) in [6.07, 6.45) is 5.16. The van der Waals surface area contributed by atoms with E-state index in [1.165, 1.54) is 27.6 Å². The van der Waals surface area contributed by atoms with Gasteiger partial charge in [0, 0.05) is 31.1 Å². The van der Waals surface area contributed by atoms with Crippen LogP contribution in [0.25, 0.3) is 0 Å². The number of rotatable bonds is 2. The van der Waals surface area contributed by atoms with Crippen LogP contribution in [0.15, 0.2) is 6.07 Å². The number of thiophene rings is 1. The summed E-state index contributed by atoms with van der Waals surface area (Å²) in [6, 6.07) is 2.03. The summed E-state index contributed by atoms with van der Waals surface area (Å²) < 4.78 is 24.1. The Labute approximate surface area is 135 Å². The zero-order chi connectivity index (χ0) is 15.7. The van der Waals surface area contributed by atoms with Crippen molar-refractivity contribution in [2.45, 2.75) is 32.1 Å². The van der Waals surface area contributed by atoms with Crippen LogP contribution in [-0.4, -0.2) is 49.7 Å². The van der Waals surface area contributed by atoms with Crippen LogP contribution >= 0.6 is 11.3 Å². The van der Waals surface area contributed by atoms with Gasteiger partial charge in [-0.25, -0.2) is 5.14 Å². The molecule has 2 N–H and O–H groups in total. The molecule has 6 nitrogen and oxygen atoms in total. The van der Waals surface area contributed by atoms with E-state index >= 15 is 0 Å². The fraction of sp³-hybridized carbons (Fsp3) is 0.643. The van der Waals surface area contributed by atoms with Gasteiger partial charge in [0.2, 0.25) is 0 Å². The monoisotopic (exact) mass is 343 g/mol. The zero-order valence-electron chi connectivity index (χ0n) is 12.5. The van der Waals surface area contributed by atoms with E-state index in [-0.39, 0.29) is 12.5 Å². The van der Waals surface area contributed by atoms with Crippen molar-refractivity contribution in [3.63, 3.8) is 0 Å². The number of nitrogens with two attached hydrogens (primary N) is 1. The molecule has 1 aliphatic heterocycles. The van der Waals surface area contributed by atoms with Crippen molar-refractivity contribution in [3.8, 4) is 0 Å². The number of carbonyl (C=O) groups excluding carboxylic acids is 1. The highest BCUT2D eigenvalue weighted by Gasteiger charge is 2.26. The van der Waals surface area contributed by atoms with Gasteiger partial charge in [0.05, 0.1) is 4.88 Å². The van der Waals surface area contributed by atoms with Crippen molar-refractivity contribution in [3.05, 3.63) is 21.4 Å². The fourth-order valence-electron chi connectivity index (χ4n) is 3.10. The van der Waals surface area contributed by atoms with Crippen molar-refractivity contribution in [2.24, 2.45) is 5.14 Å². The quantitative estimate of drug-likeness (QED) is 0.869. The maximum atomic E-state index is 12.7. The summed E-state index contributed by atoms with van der Waals surface area (Å²) in [6.45, 7) is 1.63. The lowest BCUT2D eigenvalue weighted by atomic mass is 9.99. The minimum absolute atomic E-state index is 0.0238. The van der Waals surface area contributed by atoms with E-state index in [0.29, 0.717) is 26.1 Å². The van der Waals surface area contributed by atoms with Gasteiger partial charge in [0.25, 0.3) is 16.1 Å². The smallest absolute Gasteiger partial charge is 0.276 e. The number of hydrogen-bond donors (Lipinski definition) is 1. The number of nitrogens with zero attached hydrogens (tertiary/aromatic N) is 2. The van der Waals surface area contributed by atoms with Crippen LogP contribution in [0.1, 0.15) is 39.4 Å². The summed E-state index contributed by atoms with van der Waals surface area (Å²) in [5, 5.41) is 5.18. The van der Waals surface area contributed by atoms with E-state index in [1.54, 1.807) is 16.2 Å². The van der Waals surface area contributed by atoms with Gasteiger partial charge < -0.3 is 4.90 Å². The third kappa shape index (κ3) is 3.34. The highest BCUT2D eigenvalue weighted by molar-refractivity contribution is 7.86. The van der Waals surface area contributed by atoms with Gasteiger partial charge in [-0.1, -0.05) is 0 Å². The third-order valence-electron chi connectivity index (χ3n) is 4.31. The predicted octanol–water partition coefficient (Wildman–Crippen LogP) is 0.978. The Morgan fingerprint density at radius 1 is 1.09 bits per heavy atom. The largest absolute Gasteiger partial charge is 0.337 e. The molecule has 1 aromatic heterocycles. The Morgan fingerprint density at radius 2 is 1.86 bits per heavy atom. The fourth-order valence-corrected chi connectivity index (χ4v) is 5.04. The molecule has 1 aliphatic carbocycles. The molecule has 0 atom stereocenters. The first-order valence-corrected chi connectivity index (χ1v) is 9.96. The van der Waals surface area contributed by atoms with Gasteiger partial charge in [0.15, 0.2) is 0 Å². The van der Waals surface area contributed by atoms with E-state index in [4.69, 9.17) is 5.14 Å². The topological polar surface area (TPSA) is 83.7 Å². The Balaban J connectivity index is 1.71. The van der Waals surface area contributed by atoms with Crippen LogP contribution in [0.2, 0.25) is 0 Å². The van der Waals surface area contributed by atoms with Crippen LogP contribution < -0.4 is 5.14 Å². The molecule has 2 aliphatic rings. The SMILES string of the molecule is NS(=O)(=O)N1CCCN(C(=O)c2cc3c(s2)CCCC3)CC1. The zero-order valence-corrected chi connectivity index (χ0v) is 14.1. The molecular weight excluding hydrogens is 322 g/mol.